The van der Waals surface area contributed by atoms with E-state index in [1.54, 1.807) is 13.8 Å². The van der Waals surface area contributed by atoms with Crippen LogP contribution in [0.15, 0.2) is 24.3 Å². The lowest BCUT2D eigenvalue weighted by Gasteiger charge is -2.18. The zero-order chi connectivity index (χ0) is 12.5. The third-order valence-corrected chi connectivity index (χ3v) is 2.43. The number of fused-ring (bicyclic) bond motifs is 1. The van der Waals surface area contributed by atoms with Crippen molar-refractivity contribution >= 4 is 16.9 Å². The van der Waals surface area contributed by atoms with E-state index in [0.29, 0.717) is 6.54 Å². The van der Waals surface area contributed by atoms with Crippen LogP contribution in [0.5, 0.6) is 0 Å². The van der Waals surface area contributed by atoms with Crippen LogP contribution in [0.1, 0.15) is 19.5 Å². The molecule has 4 nitrogen and oxygen atoms in total. The molecule has 0 saturated carbocycles. The van der Waals surface area contributed by atoms with E-state index in [9.17, 15) is 5.11 Å². The first kappa shape index (κ1) is 11.8. The van der Waals surface area contributed by atoms with Gasteiger partial charge in [0.2, 0.25) is 0 Å². The number of aryl methyl sites for hydroxylation is 1. The van der Waals surface area contributed by atoms with Gasteiger partial charge in [-0.3, -0.25) is 0 Å². The third kappa shape index (κ3) is 2.91. The highest BCUT2D eigenvalue weighted by atomic mass is 16.3. The molecule has 0 radical (unpaired) electrons. The maximum atomic E-state index is 9.67. The van der Waals surface area contributed by atoms with Gasteiger partial charge in [-0.05, 0) is 32.9 Å². The van der Waals surface area contributed by atoms with Crippen LogP contribution in [0.4, 0.5) is 5.82 Å². The maximum absolute atomic E-state index is 9.67. The van der Waals surface area contributed by atoms with Crippen LogP contribution in [0.25, 0.3) is 11.0 Å². The van der Waals surface area contributed by atoms with Gasteiger partial charge in [-0.1, -0.05) is 12.1 Å². The predicted octanol–water partition coefficient (Wildman–Crippen LogP) is 2.12. The first-order valence-corrected chi connectivity index (χ1v) is 5.65. The Morgan fingerprint density at radius 2 is 1.76 bits per heavy atom. The molecule has 0 spiro atoms. The average molecular weight is 231 g/mol. The lowest BCUT2D eigenvalue weighted by atomic mass is 10.1. The van der Waals surface area contributed by atoms with Crippen molar-refractivity contribution in [3.8, 4) is 0 Å². The van der Waals surface area contributed by atoms with Crippen molar-refractivity contribution in [2.75, 3.05) is 11.9 Å². The highest BCUT2D eigenvalue weighted by molar-refractivity contribution is 5.76. The second-order valence-electron chi connectivity index (χ2n) is 4.81. The van der Waals surface area contributed by atoms with Gasteiger partial charge in [-0.25, -0.2) is 9.97 Å². The van der Waals surface area contributed by atoms with E-state index in [4.69, 9.17) is 0 Å². The molecular formula is C13H17N3O. The fraction of sp³-hybridized carbons (Fsp3) is 0.385. The molecule has 90 valence electrons. The van der Waals surface area contributed by atoms with Gasteiger partial charge < -0.3 is 10.4 Å². The molecular weight excluding hydrogens is 214 g/mol. The van der Waals surface area contributed by atoms with Gasteiger partial charge in [0.05, 0.1) is 22.3 Å². The monoisotopic (exact) mass is 231 g/mol. The number of nitrogens with one attached hydrogen (secondary N) is 1. The molecule has 17 heavy (non-hydrogen) atoms. The van der Waals surface area contributed by atoms with Crippen molar-refractivity contribution in [2.24, 2.45) is 0 Å². The SMILES string of the molecule is Cc1nc2ccccc2nc1NCC(C)(C)O. The number of para-hydroxylation sites is 2. The Morgan fingerprint density at radius 1 is 1.18 bits per heavy atom. The van der Waals surface area contributed by atoms with E-state index in [1.807, 2.05) is 31.2 Å². The van der Waals surface area contributed by atoms with Gasteiger partial charge >= 0.3 is 0 Å². The standard InChI is InChI=1S/C13H17N3O/c1-9-12(14-8-13(2,3)17)16-11-7-5-4-6-10(11)15-9/h4-7,17H,8H2,1-3H3,(H,14,16). The molecule has 0 amide bonds. The van der Waals surface area contributed by atoms with Gasteiger partial charge in [0.25, 0.3) is 0 Å². The van der Waals surface area contributed by atoms with Crippen molar-refractivity contribution < 1.29 is 5.11 Å². The fourth-order valence-corrected chi connectivity index (χ4v) is 1.56. The zero-order valence-corrected chi connectivity index (χ0v) is 10.4. The number of aliphatic hydroxyl groups is 1. The largest absolute Gasteiger partial charge is 0.389 e. The van der Waals surface area contributed by atoms with Gasteiger partial charge in [-0.15, -0.1) is 0 Å². The lowest BCUT2D eigenvalue weighted by Crippen LogP contribution is -2.29. The normalized spacial score (nSPS) is 11.8. The topological polar surface area (TPSA) is 58.0 Å². The average Bonchev–Trinajstić information content (AvgIpc) is 2.25. The van der Waals surface area contributed by atoms with Crippen molar-refractivity contribution in [1.82, 2.24) is 9.97 Å². The fourth-order valence-electron chi connectivity index (χ4n) is 1.56. The summed E-state index contributed by atoms with van der Waals surface area (Å²) in [5.74, 6) is 0.728. The summed E-state index contributed by atoms with van der Waals surface area (Å²) in [6.07, 6.45) is 0. The molecule has 0 bridgehead atoms. The number of hydrogen-bond donors (Lipinski definition) is 2. The summed E-state index contributed by atoms with van der Waals surface area (Å²) in [4.78, 5) is 8.96. The number of nitrogens with zero attached hydrogens (tertiary/aromatic N) is 2. The molecule has 2 rings (SSSR count). The molecule has 0 atom stereocenters. The molecule has 1 aromatic carbocycles. The minimum atomic E-state index is -0.764. The Hall–Kier alpha value is -1.68. The first-order valence-electron chi connectivity index (χ1n) is 5.65. The number of benzene rings is 1. The van der Waals surface area contributed by atoms with Crippen molar-refractivity contribution in [3.63, 3.8) is 0 Å². The molecule has 4 heteroatoms. The van der Waals surface area contributed by atoms with E-state index in [0.717, 1.165) is 22.5 Å². The second kappa shape index (κ2) is 4.30. The molecule has 2 aromatic rings. The Labute approximate surface area is 101 Å². The van der Waals surface area contributed by atoms with Gasteiger partial charge in [0.1, 0.15) is 5.82 Å². The molecule has 0 aliphatic carbocycles. The van der Waals surface area contributed by atoms with Crippen LogP contribution in [-0.4, -0.2) is 27.2 Å². The summed E-state index contributed by atoms with van der Waals surface area (Å²) in [5, 5.41) is 12.8. The van der Waals surface area contributed by atoms with Crippen molar-refractivity contribution in [2.45, 2.75) is 26.4 Å². The summed E-state index contributed by atoms with van der Waals surface area (Å²) in [6.45, 7) is 5.86. The minimum absolute atomic E-state index is 0.445. The molecule has 1 heterocycles. The summed E-state index contributed by atoms with van der Waals surface area (Å²) in [6, 6.07) is 7.75. The molecule has 0 unspecified atom stereocenters. The van der Waals surface area contributed by atoms with Crippen LogP contribution >= 0.6 is 0 Å². The van der Waals surface area contributed by atoms with E-state index in [1.165, 1.54) is 0 Å². The molecule has 0 aliphatic rings. The Morgan fingerprint density at radius 3 is 2.35 bits per heavy atom. The van der Waals surface area contributed by atoms with Gasteiger partial charge in [0, 0.05) is 6.54 Å². The van der Waals surface area contributed by atoms with Crippen LogP contribution in [0.2, 0.25) is 0 Å². The third-order valence-electron chi connectivity index (χ3n) is 2.43. The second-order valence-corrected chi connectivity index (χ2v) is 4.81. The van der Waals surface area contributed by atoms with E-state index >= 15 is 0 Å². The first-order chi connectivity index (χ1) is 7.96. The summed E-state index contributed by atoms with van der Waals surface area (Å²) in [7, 11) is 0. The minimum Gasteiger partial charge on any atom is -0.389 e. The summed E-state index contributed by atoms with van der Waals surface area (Å²) in [5.41, 5.74) is 1.82. The van der Waals surface area contributed by atoms with Crippen LogP contribution in [0.3, 0.4) is 0 Å². The number of aromatic nitrogens is 2. The quantitative estimate of drug-likeness (QED) is 0.849. The Balaban J connectivity index is 2.31. The van der Waals surface area contributed by atoms with Crippen LogP contribution in [-0.2, 0) is 0 Å². The van der Waals surface area contributed by atoms with Gasteiger partial charge in [-0.2, -0.15) is 0 Å². The van der Waals surface area contributed by atoms with E-state index < -0.39 is 5.60 Å². The summed E-state index contributed by atoms with van der Waals surface area (Å²) < 4.78 is 0. The maximum Gasteiger partial charge on any atom is 0.148 e. The van der Waals surface area contributed by atoms with Gasteiger partial charge in [0.15, 0.2) is 0 Å². The Kier molecular flexibility index (Phi) is 2.98. The van der Waals surface area contributed by atoms with Crippen molar-refractivity contribution in [1.29, 1.82) is 0 Å². The van der Waals surface area contributed by atoms with E-state index in [-0.39, 0.29) is 0 Å². The van der Waals surface area contributed by atoms with Crippen LogP contribution in [0, 0.1) is 6.92 Å². The molecule has 0 saturated heterocycles. The zero-order valence-electron chi connectivity index (χ0n) is 10.4. The summed E-state index contributed by atoms with van der Waals surface area (Å²) >= 11 is 0. The number of rotatable bonds is 3. The van der Waals surface area contributed by atoms with E-state index in [2.05, 4.69) is 15.3 Å². The molecule has 0 aliphatic heterocycles. The number of anilines is 1. The molecule has 2 N–H and O–H groups in total. The lowest BCUT2D eigenvalue weighted by molar-refractivity contribution is 0.0944. The Bertz CT molecular complexity index is 532. The highest BCUT2D eigenvalue weighted by Crippen LogP contribution is 2.16. The number of hydrogen-bond acceptors (Lipinski definition) is 4. The molecule has 0 fully saturated rings. The highest BCUT2D eigenvalue weighted by Gasteiger charge is 2.13. The smallest absolute Gasteiger partial charge is 0.148 e. The predicted molar refractivity (Wildman–Crippen MR) is 69.1 cm³/mol. The van der Waals surface area contributed by atoms with Crippen molar-refractivity contribution in [3.05, 3.63) is 30.0 Å². The van der Waals surface area contributed by atoms with Crippen LogP contribution < -0.4 is 5.32 Å². The molecule has 1 aromatic heterocycles.